The molecule has 0 bridgehead atoms. The Morgan fingerprint density at radius 1 is 1.21 bits per heavy atom. The highest BCUT2D eigenvalue weighted by Crippen LogP contribution is 2.17. The van der Waals surface area contributed by atoms with Gasteiger partial charge in [-0.1, -0.05) is 30.3 Å². The van der Waals surface area contributed by atoms with Crippen molar-refractivity contribution in [3.8, 4) is 0 Å². The average molecular weight is 329 g/mol. The Kier molecular flexibility index (Phi) is 6.67. The molecular weight excluding hydrogens is 298 g/mol. The summed E-state index contributed by atoms with van der Waals surface area (Å²) in [4.78, 5) is 14.5. The van der Waals surface area contributed by atoms with Crippen molar-refractivity contribution in [2.24, 2.45) is 11.8 Å². The summed E-state index contributed by atoms with van der Waals surface area (Å²) in [7, 11) is 0. The van der Waals surface area contributed by atoms with Gasteiger partial charge in [-0.15, -0.1) is 0 Å². The molecule has 0 saturated carbocycles. The van der Waals surface area contributed by atoms with Crippen LogP contribution in [-0.4, -0.2) is 50.1 Å². The van der Waals surface area contributed by atoms with Crippen LogP contribution in [-0.2, 0) is 11.2 Å². The van der Waals surface area contributed by atoms with Crippen LogP contribution >= 0.6 is 0 Å². The van der Waals surface area contributed by atoms with Crippen molar-refractivity contribution in [2.45, 2.75) is 32.1 Å². The van der Waals surface area contributed by atoms with Crippen LogP contribution in [0.25, 0.3) is 0 Å². The maximum Gasteiger partial charge on any atom is 0.220 e. The minimum absolute atomic E-state index is 0.240. The van der Waals surface area contributed by atoms with Crippen molar-refractivity contribution < 1.29 is 4.79 Å². The molecule has 1 aromatic carbocycles. The first-order valence-corrected chi connectivity index (χ1v) is 9.53. The van der Waals surface area contributed by atoms with Crippen LogP contribution in [0.5, 0.6) is 0 Å². The Morgan fingerprint density at radius 3 is 2.88 bits per heavy atom. The van der Waals surface area contributed by atoms with Crippen LogP contribution in [0.15, 0.2) is 30.3 Å². The Bertz CT molecular complexity index is 499. The van der Waals surface area contributed by atoms with E-state index in [0.717, 1.165) is 45.6 Å². The average Bonchev–Trinajstić information content (AvgIpc) is 3.29. The number of amides is 1. The number of likely N-dealkylation sites (tertiary alicyclic amines) is 1. The summed E-state index contributed by atoms with van der Waals surface area (Å²) < 4.78 is 0. The summed E-state index contributed by atoms with van der Waals surface area (Å²) in [6, 6.07) is 10.7. The molecule has 2 aliphatic heterocycles. The van der Waals surface area contributed by atoms with Crippen LogP contribution in [0.2, 0.25) is 0 Å². The zero-order valence-corrected chi connectivity index (χ0v) is 14.7. The first-order valence-electron chi connectivity index (χ1n) is 9.53. The first-order chi connectivity index (χ1) is 11.8. The zero-order valence-electron chi connectivity index (χ0n) is 14.7. The van der Waals surface area contributed by atoms with Gasteiger partial charge in [-0.25, -0.2) is 0 Å². The van der Waals surface area contributed by atoms with Crippen molar-refractivity contribution in [1.29, 1.82) is 0 Å². The second-order valence-electron chi connectivity index (χ2n) is 7.39. The summed E-state index contributed by atoms with van der Waals surface area (Å²) in [5.74, 6) is 1.57. The molecule has 2 aliphatic rings. The molecule has 2 unspecified atom stereocenters. The molecule has 2 heterocycles. The monoisotopic (exact) mass is 329 g/mol. The van der Waals surface area contributed by atoms with Gasteiger partial charge in [0.25, 0.3) is 0 Å². The van der Waals surface area contributed by atoms with E-state index in [9.17, 15) is 4.79 Å². The largest absolute Gasteiger partial charge is 0.356 e. The molecule has 2 saturated heterocycles. The van der Waals surface area contributed by atoms with Crippen LogP contribution < -0.4 is 10.6 Å². The summed E-state index contributed by atoms with van der Waals surface area (Å²) >= 11 is 0. The number of benzene rings is 1. The Hall–Kier alpha value is -1.39. The summed E-state index contributed by atoms with van der Waals surface area (Å²) in [6.07, 6.45) is 5.28. The van der Waals surface area contributed by atoms with Crippen molar-refractivity contribution in [3.05, 3.63) is 35.9 Å². The van der Waals surface area contributed by atoms with E-state index < -0.39 is 0 Å². The Balaban J connectivity index is 1.27. The van der Waals surface area contributed by atoms with Gasteiger partial charge in [-0.05, 0) is 62.7 Å². The predicted octanol–water partition coefficient (Wildman–Crippen LogP) is 2.06. The fourth-order valence-electron chi connectivity index (χ4n) is 3.86. The molecule has 0 spiro atoms. The number of hydrogen-bond donors (Lipinski definition) is 2. The topological polar surface area (TPSA) is 44.4 Å². The molecule has 4 heteroatoms. The third-order valence-corrected chi connectivity index (χ3v) is 5.46. The molecule has 132 valence electrons. The highest BCUT2D eigenvalue weighted by atomic mass is 16.1. The number of nitrogens with one attached hydrogen (secondary N) is 2. The van der Waals surface area contributed by atoms with Crippen molar-refractivity contribution in [3.63, 3.8) is 0 Å². The zero-order chi connectivity index (χ0) is 16.6. The molecule has 0 aromatic heterocycles. The van der Waals surface area contributed by atoms with E-state index in [-0.39, 0.29) is 5.91 Å². The predicted molar refractivity (Wildman–Crippen MR) is 97.9 cm³/mol. The minimum atomic E-state index is 0.240. The van der Waals surface area contributed by atoms with Crippen LogP contribution in [0.1, 0.15) is 31.2 Å². The van der Waals surface area contributed by atoms with E-state index in [0.29, 0.717) is 18.3 Å². The quantitative estimate of drug-likeness (QED) is 0.767. The molecule has 2 fully saturated rings. The second kappa shape index (κ2) is 9.19. The lowest BCUT2D eigenvalue weighted by molar-refractivity contribution is -0.121. The van der Waals surface area contributed by atoms with Crippen LogP contribution in [0.4, 0.5) is 0 Å². The number of carbonyl (C=O) groups is 1. The normalized spacial score (nSPS) is 24.3. The molecule has 0 aliphatic carbocycles. The van der Waals surface area contributed by atoms with Crippen molar-refractivity contribution in [2.75, 3.05) is 39.3 Å². The third kappa shape index (κ3) is 5.60. The van der Waals surface area contributed by atoms with E-state index in [2.05, 4.69) is 45.9 Å². The lowest BCUT2D eigenvalue weighted by Crippen LogP contribution is -2.31. The van der Waals surface area contributed by atoms with Gasteiger partial charge in [-0.2, -0.15) is 0 Å². The van der Waals surface area contributed by atoms with Crippen molar-refractivity contribution >= 4 is 5.91 Å². The third-order valence-electron chi connectivity index (χ3n) is 5.46. The molecule has 24 heavy (non-hydrogen) atoms. The van der Waals surface area contributed by atoms with Gasteiger partial charge in [0.05, 0.1) is 0 Å². The molecule has 1 amide bonds. The van der Waals surface area contributed by atoms with Gasteiger partial charge in [0.1, 0.15) is 0 Å². The van der Waals surface area contributed by atoms with Crippen LogP contribution in [0.3, 0.4) is 0 Å². The lowest BCUT2D eigenvalue weighted by Gasteiger charge is -2.16. The Morgan fingerprint density at radius 2 is 2.08 bits per heavy atom. The molecule has 4 nitrogen and oxygen atoms in total. The lowest BCUT2D eigenvalue weighted by atomic mass is 10.0. The maximum absolute atomic E-state index is 12.0. The standard InChI is InChI=1S/C20H31N3O/c24-20(7-6-18-8-11-21-14-18)22-15-19-10-13-23(16-19)12-9-17-4-2-1-3-5-17/h1-5,18-19,21H,6-16H2,(H,22,24). The molecular formula is C20H31N3O. The van der Waals surface area contributed by atoms with Gasteiger partial charge >= 0.3 is 0 Å². The van der Waals surface area contributed by atoms with Gasteiger partial charge in [-0.3, -0.25) is 4.79 Å². The number of hydrogen-bond acceptors (Lipinski definition) is 3. The first kappa shape index (κ1) is 17.4. The van der Waals surface area contributed by atoms with E-state index in [1.807, 2.05) is 0 Å². The second-order valence-corrected chi connectivity index (χ2v) is 7.39. The van der Waals surface area contributed by atoms with E-state index in [1.165, 1.54) is 24.9 Å². The summed E-state index contributed by atoms with van der Waals surface area (Å²) in [5.41, 5.74) is 1.41. The fraction of sp³-hybridized carbons (Fsp3) is 0.650. The van der Waals surface area contributed by atoms with E-state index in [1.54, 1.807) is 0 Å². The molecule has 0 radical (unpaired) electrons. The maximum atomic E-state index is 12.0. The summed E-state index contributed by atoms with van der Waals surface area (Å²) in [6.45, 7) is 6.48. The van der Waals surface area contributed by atoms with Gasteiger partial charge in [0.15, 0.2) is 0 Å². The SMILES string of the molecule is O=C(CCC1CCNC1)NCC1CCN(CCc2ccccc2)C1. The minimum Gasteiger partial charge on any atom is -0.356 e. The van der Waals surface area contributed by atoms with Crippen molar-refractivity contribution in [1.82, 2.24) is 15.5 Å². The highest BCUT2D eigenvalue weighted by Gasteiger charge is 2.22. The van der Waals surface area contributed by atoms with Crippen LogP contribution in [0, 0.1) is 11.8 Å². The summed E-state index contributed by atoms with van der Waals surface area (Å²) in [5, 5.41) is 6.52. The fourth-order valence-corrected chi connectivity index (χ4v) is 3.86. The van der Waals surface area contributed by atoms with E-state index in [4.69, 9.17) is 0 Å². The number of rotatable bonds is 8. The molecule has 3 rings (SSSR count). The molecule has 1 aromatic rings. The highest BCUT2D eigenvalue weighted by molar-refractivity contribution is 5.75. The molecule has 2 N–H and O–H groups in total. The number of carbonyl (C=O) groups excluding carboxylic acids is 1. The van der Waals surface area contributed by atoms with Gasteiger partial charge < -0.3 is 15.5 Å². The van der Waals surface area contributed by atoms with E-state index >= 15 is 0 Å². The van der Waals surface area contributed by atoms with Gasteiger partial charge in [0.2, 0.25) is 5.91 Å². The number of nitrogens with zero attached hydrogens (tertiary/aromatic N) is 1. The smallest absolute Gasteiger partial charge is 0.220 e. The Labute approximate surface area is 146 Å². The van der Waals surface area contributed by atoms with Gasteiger partial charge in [0, 0.05) is 26.1 Å². The molecule has 2 atom stereocenters.